The fourth-order valence-corrected chi connectivity index (χ4v) is 2.86. The van der Waals surface area contributed by atoms with Crippen LogP contribution in [0.4, 0.5) is 0 Å². The lowest BCUT2D eigenvalue weighted by molar-refractivity contribution is 0.0381. The molecule has 0 aliphatic carbocycles. The van der Waals surface area contributed by atoms with E-state index in [4.69, 9.17) is 4.74 Å². The maximum atomic E-state index is 5.36. The molecule has 0 radical (unpaired) electrons. The third kappa shape index (κ3) is 4.88. The van der Waals surface area contributed by atoms with Gasteiger partial charge in [0.2, 0.25) is 0 Å². The van der Waals surface area contributed by atoms with Gasteiger partial charge in [-0.2, -0.15) is 0 Å². The first-order chi connectivity index (χ1) is 9.29. The second-order valence-electron chi connectivity index (χ2n) is 4.92. The smallest absolute Gasteiger partial charge is 0.0594 e. The number of morpholine rings is 1. The van der Waals surface area contributed by atoms with E-state index in [9.17, 15) is 0 Å². The minimum Gasteiger partial charge on any atom is -0.379 e. The highest BCUT2D eigenvalue weighted by atomic mass is 79.9. The standard InChI is InChI=1S/C15H23BrN2O/c1-2-15(13-4-3-5-14(16)12-13)17-6-7-18-8-10-19-11-9-18/h3-5,12,15,17H,2,6-11H2,1H3. The molecule has 1 fully saturated rings. The van der Waals surface area contributed by atoms with Crippen molar-refractivity contribution in [1.29, 1.82) is 0 Å². The molecular formula is C15H23BrN2O. The van der Waals surface area contributed by atoms with Crippen LogP contribution in [0.1, 0.15) is 24.9 Å². The SMILES string of the molecule is CCC(NCCN1CCOCC1)c1cccc(Br)c1. The summed E-state index contributed by atoms with van der Waals surface area (Å²) < 4.78 is 6.51. The van der Waals surface area contributed by atoms with E-state index in [1.165, 1.54) is 5.56 Å². The van der Waals surface area contributed by atoms with Gasteiger partial charge < -0.3 is 10.1 Å². The van der Waals surface area contributed by atoms with Crippen molar-refractivity contribution >= 4 is 15.9 Å². The summed E-state index contributed by atoms with van der Waals surface area (Å²) in [5.41, 5.74) is 1.36. The second kappa shape index (κ2) is 8.00. The van der Waals surface area contributed by atoms with Crippen LogP contribution in [0.3, 0.4) is 0 Å². The molecule has 1 aromatic carbocycles. The summed E-state index contributed by atoms with van der Waals surface area (Å²) in [7, 11) is 0. The zero-order valence-electron chi connectivity index (χ0n) is 11.6. The Hall–Kier alpha value is -0.420. The molecule has 0 aromatic heterocycles. The molecule has 1 atom stereocenters. The van der Waals surface area contributed by atoms with E-state index in [-0.39, 0.29) is 0 Å². The molecule has 0 saturated carbocycles. The highest BCUT2D eigenvalue weighted by molar-refractivity contribution is 9.10. The topological polar surface area (TPSA) is 24.5 Å². The number of halogens is 1. The minimum atomic E-state index is 0.443. The van der Waals surface area contributed by atoms with E-state index in [1.807, 2.05) is 0 Å². The Labute approximate surface area is 124 Å². The molecule has 4 heteroatoms. The Morgan fingerprint density at radius 1 is 1.37 bits per heavy atom. The summed E-state index contributed by atoms with van der Waals surface area (Å²) in [6.07, 6.45) is 1.11. The number of nitrogens with one attached hydrogen (secondary N) is 1. The number of benzene rings is 1. The lowest BCUT2D eigenvalue weighted by Gasteiger charge is -2.27. The third-order valence-electron chi connectivity index (χ3n) is 3.58. The lowest BCUT2D eigenvalue weighted by Crippen LogP contribution is -2.40. The molecule has 106 valence electrons. The molecule has 0 spiro atoms. The molecule has 0 amide bonds. The molecule has 1 aliphatic heterocycles. The molecule has 3 nitrogen and oxygen atoms in total. The van der Waals surface area contributed by atoms with Crippen LogP contribution in [0, 0.1) is 0 Å². The molecule has 1 aliphatic rings. The van der Waals surface area contributed by atoms with Gasteiger partial charge in [0.1, 0.15) is 0 Å². The first-order valence-electron chi connectivity index (χ1n) is 7.08. The molecule has 19 heavy (non-hydrogen) atoms. The van der Waals surface area contributed by atoms with Crippen LogP contribution in [0.5, 0.6) is 0 Å². The Morgan fingerprint density at radius 3 is 2.84 bits per heavy atom. The number of nitrogens with zero attached hydrogens (tertiary/aromatic N) is 1. The molecule has 0 bridgehead atoms. The highest BCUT2D eigenvalue weighted by Crippen LogP contribution is 2.20. The Kier molecular flexibility index (Phi) is 6.31. The summed E-state index contributed by atoms with van der Waals surface area (Å²) >= 11 is 3.54. The largest absolute Gasteiger partial charge is 0.379 e. The fourth-order valence-electron chi connectivity index (χ4n) is 2.44. The van der Waals surface area contributed by atoms with Gasteiger partial charge in [0.05, 0.1) is 13.2 Å². The van der Waals surface area contributed by atoms with Crippen LogP contribution >= 0.6 is 15.9 Å². The molecule has 1 saturated heterocycles. The third-order valence-corrected chi connectivity index (χ3v) is 4.08. The normalized spacial score (nSPS) is 18.4. The Balaban J connectivity index is 1.79. The highest BCUT2D eigenvalue weighted by Gasteiger charge is 2.12. The van der Waals surface area contributed by atoms with Gasteiger partial charge in [0, 0.05) is 36.7 Å². The van der Waals surface area contributed by atoms with E-state index >= 15 is 0 Å². The van der Waals surface area contributed by atoms with Gasteiger partial charge in [0.25, 0.3) is 0 Å². The molecular weight excluding hydrogens is 304 g/mol. The van der Waals surface area contributed by atoms with E-state index in [0.29, 0.717) is 6.04 Å². The minimum absolute atomic E-state index is 0.443. The van der Waals surface area contributed by atoms with Crippen molar-refractivity contribution in [2.24, 2.45) is 0 Å². The van der Waals surface area contributed by atoms with Crippen LogP contribution in [-0.4, -0.2) is 44.3 Å². The van der Waals surface area contributed by atoms with Crippen LogP contribution in [0.25, 0.3) is 0 Å². The van der Waals surface area contributed by atoms with Gasteiger partial charge in [-0.3, -0.25) is 4.90 Å². The van der Waals surface area contributed by atoms with Crippen molar-refractivity contribution in [3.63, 3.8) is 0 Å². The molecule has 1 heterocycles. The van der Waals surface area contributed by atoms with Crippen LogP contribution in [-0.2, 0) is 4.74 Å². The molecule has 1 aromatic rings. The number of hydrogen-bond acceptors (Lipinski definition) is 3. The van der Waals surface area contributed by atoms with Crippen molar-refractivity contribution in [2.75, 3.05) is 39.4 Å². The van der Waals surface area contributed by atoms with E-state index < -0.39 is 0 Å². The van der Waals surface area contributed by atoms with E-state index in [1.54, 1.807) is 0 Å². The maximum Gasteiger partial charge on any atom is 0.0594 e. The zero-order valence-corrected chi connectivity index (χ0v) is 13.2. The summed E-state index contributed by atoms with van der Waals surface area (Å²) in [6, 6.07) is 9.02. The zero-order chi connectivity index (χ0) is 13.5. The van der Waals surface area contributed by atoms with E-state index in [0.717, 1.165) is 50.3 Å². The second-order valence-corrected chi connectivity index (χ2v) is 5.84. The average Bonchev–Trinajstić information content (AvgIpc) is 2.45. The Bertz CT molecular complexity index is 380. The van der Waals surface area contributed by atoms with Gasteiger partial charge in [-0.25, -0.2) is 0 Å². The monoisotopic (exact) mass is 326 g/mol. The molecule has 1 unspecified atom stereocenters. The van der Waals surface area contributed by atoms with Gasteiger partial charge in [0.15, 0.2) is 0 Å². The fraction of sp³-hybridized carbons (Fsp3) is 0.600. The van der Waals surface area contributed by atoms with Crippen LogP contribution in [0.15, 0.2) is 28.7 Å². The Morgan fingerprint density at radius 2 is 2.16 bits per heavy atom. The van der Waals surface area contributed by atoms with Crippen molar-refractivity contribution < 1.29 is 4.74 Å². The first kappa shape index (κ1) is 15.0. The van der Waals surface area contributed by atoms with Crippen molar-refractivity contribution in [3.8, 4) is 0 Å². The molecule has 1 N–H and O–H groups in total. The summed E-state index contributed by atoms with van der Waals surface area (Å²) in [5.74, 6) is 0. The summed E-state index contributed by atoms with van der Waals surface area (Å²) in [6.45, 7) is 8.25. The quantitative estimate of drug-likeness (QED) is 0.870. The van der Waals surface area contributed by atoms with Crippen LogP contribution < -0.4 is 5.32 Å². The van der Waals surface area contributed by atoms with Gasteiger partial charge >= 0.3 is 0 Å². The van der Waals surface area contributed by atoms with Crippen molar-refractivity contribution in [2.45, 2.75) is 19.4 Å². The summed E-state index contributed by atoms with van der Waals surface area (Å²) in [5, 5.41) is 3.66. The number of ether oxygens (including phenoxy) is 1. The maximum absolute atomic E-state index is 5.36. The van der Waals surface area contributed by atoms with Crippen molar-refractivity contribution in [3.05, 3.63) is 34.3 Å². The number of hydrogen-bond donors (Lipinski definition) is 1. The van der Waals surface area contributed by atoms with Gasteiger partial charge in [-0.05, 0) is 24.1 Å². The molecule has 2 rings (SSSR count). The van der Waals surface area contributed by atoms with E-state index in [2.05, 4.69) is 57.3 Å². The first-order valence-corrected chi connectivity index (χ1v) is 7.88. The van der Waals surface area contributed by atoms with Crippen LogP contribution in [0.2, 0.25) is 0 Å². The van der Waals surface area contributed by atoms with Crippen molar-refractivity contribution in [1.82, 2.24) is 10.2 Å². The number of rotatable bonds is 6. The van der Waals surface area contributed by atoms with Gasteiger partial charge in [-0.1, -0.05) is 35.0 Å². The van der Waals surface area contributed by atoms with Gasteiger partial charge in [-0.15, -0.1) is 0 Å². The summed E-state index contributed by atoms with van der Waals surface area (Å²) in [4.78, 5) is 2.46. The predicted molar refractivity (Wildman–Crippen MR) is 82.4 cm³/mol. The lowest BCUT2D eigenvalue weighted by atomic mass is 10.0. The predicted octanol–water partition coefficient (Wildman–Crippen LogP) is 2.82. The average molecular weight is 327 g/mol.